The molecule has 122 valence electrons. The number of hydrogen-bond donors (Lipinski definition) is 2. The number of rotatable bonds is 4. The first-order valence-electron chi connectivity index (χ1n) is 7.59. The van der Waals surface area contributed by atoms with Crippen molar-refractivity contribution < 1.29 is 0 Å². The van der Waals surface area contributed by atoms with E-state index in [1.807, 2.05) is 37.3 Å². The zero-order chi connectivity index (χ0) is 17.1. The molecule has 0 spiro atoms. The van der Waals surface area contributed by atoms with Crippen LogP contribution in [0.15, 0.2) is 42.6 Å². The molecule has 0 radical (unpaired) electrons. The van der Waals surface area contributed by atoms with Gasteiger partial charge in [0.2, 0.25) is 5.95 Å². The molecule has 2 N–H and O–H groups in total. The van der Waals surface area contributed by atoms with Crippen LogP contribution in [0.5, 0.6) is 0 Å². The molecule has 24 heavy (non-hydrogen) atoms. The van der Waals surface area contributed by atoms with E-state index in [2.05, 4.69) is 45.7 Å². The van der Waals surface area contributed by atoms with Gasteiger partial charge in [-0.3, -0.25) is 0 Å². The highest BCUT2D eigenvalue weighted by molar-refractivity contribution is 6.30. The molecule has 0 amide bonds. The summed E-state index contributed by atoms with van der Waals surface area (Å²) in [5, 5.41) is 15.2. The number of anilines is 4. The van der Waals surface area contributed by atoms with Crippen molar-refractivity contribution in [1.82, 2.24) is 15.2 Å². The Hall–Kier alpha value is -2.66. The molecule has 5 nitrogen and oxygen atoms in total. The lowest BCUT2D eigenvalue weighted by Crippen LogP contribution is -2.04. The van der Waals surface area contributed by atoms with Crippen molar-refractivity contribution >= 4 is 34.7 Å². The Morgan fingerprint density at radius 3 is 2.54 bits per heavy atom. The lowest BCUT2D eigenvalue weighted by atomic mass is 10.1. The first kappa shape index (κ1) is 16.2. The minimum Gasteiger partial charge on any atom is -0.339 e. The predicted octanol–water partition coefficient (Wildman–Crippen LogP) is 4.94. The van der Waals surface area contributed by atoms with Crippen molar-refractivity contribution in [3.63, 3.8) is 0 Å². The molecule has 3 aromatic rings. The molecule has 0 saturated carbocycles. The summed E-state index contributed by atoms with van der Waals surface area (Å²) in [6, 6.07) is 11.7. The molecule has 3 rings (SSSR count). The molecule has 0 bridgehead atoms. The van der Waals surface area contributed by atoms with Crippen LogP contribution in [0.4, 0.5) is 23.1 Å². The highest BCUT2D eigenvalue weighted by atomic mass is 35.5. The fourth-order valence-electron chi connectivity index (χ4n) is 2.33. The normalized spacial score (nSPS) is 10.5. The smallest absolute Gasteiger partial charge is 0.249 e. The Kier molecular flexibility index (Phi) is 4.62. The first-order chi connectivity index (χ1) is 11.5. The number of benzene rings is 2. The molecule has 0 unspecified atom stereocenters. The summed E-state index contributed by atoms with van der Waals surface area (Å²) >= 11 is 5.99. The van der Waals surface area contributed by atoms with Gasteiger partial charge in [-0.05, 0) is 61.7 Å². The Morgan fingerprint density at radius 1 is 0.917 bits per heavy atom. The summed E-state index contributed by atoms with van der Waals surface area (Å²) in [4.78, 5) is 4.47. The lowest BCUT2D eigenvalue weighted by Gasteiger charge is -2.12. The van der Waals surface area contributed by atoms with Crippen LogP contribution in [-0.4, -0.2) is 15.2 Å². The minimum atomic E-state index is 0.445. The van der Waals surface area contributed by atoms with Crippen LogP contribution in [-0.2, 0) is 0 Å². The van der Waals surface area contributed by atoms with E-state index in [4.69, 9.17) is 11.6 Å². The Bertz CT molecular complexity index is 879. The highest BCUT2D eigenvalue weighted by Crippen LogP contribution is 2.24. The van der Waals surface area contributed by atoms with Gasteiger partial charge >= 0.3 is 0 Å². The van der Waals surface area contributed by atoms with E-state index in [0.717, 1.165) is 22.5 Å². The monoisotopic (exact) mass is 339 g/mol. The van der Waals surface area contributed by atoms with Gasteiger partial charge in [-0.2, -0.15) is 10.1 Å². The number of halogens is 1. The van der Waals surface area contributed by atoms with Crippen LogP contribution in [0.2, 0.25) is 5.02 Å². The third-order valence-corrected chi connectivity index (χ3v) is 4.10. The van der Waals surface area contributed by atoms with Gasteiger partial charge in [0.25, 0.3) is 0 Å². The van der Waals surface area contributed by atoms with E-state index in [0.29, 0.717) is 16.8 Å². The van der Waals surface area contributed by atoms with Crippen molar-refractivity contribution in [1.29, 1.82) is 0 Å². The molecular weight excluding hydrogens is 322 g/mol. The molecule has 0 atom stereocenters. The van der Waals surface area contributed by atoms with E-state index >= 15 is 0 Å². The van der Waals surface area contributed by atoms with Gasteiger partial charge in [-0.1, -0.05) is 23.7 Å². The predicted molar refractivity (Wildman–Crippen MR) is 98.5 cm³/mol. The second-order valence-electron chi connectivity index (χ2n) is 5.62. The number of aryl methyl sites for hydroxylation is 2. The van der Waals surface area contributed by atoms with Crippen LogP contribution in [0.25, 0.3) is 0 Å². The fraction of sp³-hybridized carbons (Fsp3) is 0.167. The SMILES string of the molecule is Cc1cc(Cl)ccc1Nc1cnnc(Nc2cccc(C)c2C)n1. The van der Waals surface area contributed by atoms with Gasteiger partial charge in [-0.15, -0.1) is 5.10 Å². The zero-order valence-electron chi connectivity index (χ0n) is 13.8. The Balaban J connectivity index is 1.82. The lowest BCUT2D eigenvalue weighted by molar-refractivity contribution is 0.981. The van der Waals surface area contributed by atoms with Gasteiger partial charge in [0.05, 0.1) is 6.20 Å². The average Bonchev–Trinajstić information content (AvgIpc) is 2.55. The summed E-state index contributed by atoms with van der Waals surface area (Å²) in [5.41, 5.74) is 5.30. The van der Waals surface area contributed by atoms with Crippen molar-refractivity contribution in [2.24, 2.45) is 0 Å². The summed E-state index contributed by atoms with van der Waals surface area (Å²) < 4.78 is 0. The Morgan fingerprint density at radius 2 is 1.75 bits per heavy atom. The molecule has 1 heterocycles. The van der Waals surface area contributed by atoms with Gasteiger partial charge < -0.3 is 10.6 Å². The first-order valence-corrected chi connectivity index (χ1v) is 7.97. The molecule has 0 aliphatic carbocycles. The number of nitrogens with zero attached hydrogens (tertiary/aromatic N) is 3. The molecule has 1 aromatic heterocycles. The summed E-state index contributed by atoms with van der Waals surface area (Å²) in [6.07, 6.45) is 1.59. The van der Waals surface area contributed by atoms with E-state index in [-0.39, 0.29) is 0 Å². The minimum absolute atomic E-state index is 0.445. The van der Waals surface area contributed by atoms with Crippen LogP contribution in [0.1, 0.15) is 16.7 Å². The largest absolute Gasteiger partial charge is 0.339 e. The molecule has 0 aliphatic heterocycles. The summed E-state index contributed by atoms with van der Waals surface area (Å²) in [5.74, 6) is 1.06. The van der Waals surface area contributed by atoms with Gasteiger partial charge in [0.1, 0.15) is 0 Å². The van der Waals surface area contributed by atoms with Crippen molar-refractivity contribution in [3.8, 4) is 0 Å². The third-order valence-electron chi connectivity index (χ3n) is 3.86. The van der Waals surface area contributed by atoms with E-state index in [1.54, 1.807) is 6.20 Å². The summed E-state index contributed by atoms with van der Waals surface area (Å²) in [6.45, 7) is 6.11. The van der Waals surface area contributed by atoms with E-state index < -0.39 is 0 Å². The van der Waals surface area contributed by atoms with Gasteiger partial charge in [0, 0.05) is 16.4 Å². The average molecular weight is 340 g/mol. The maximum Gasteiger partial charge on any atom is 0.249 e. The second kappa shape index (κ2) is 6.84. The van der Waals surface area contributed by atoms with Crippen molar-refractivity contribution in [2.45, 2.75) is 20.8 Å². The Labute approximate surface area is 146 Å². The standard InChI is InChI=1S/C18H18ClN5/c1-11-5-4-6-16(13(11)3)22-18-23-17(10-20-24-18)21-15-8-7-14(19)9-12(15)2/h4-10H,1-3H3,(H2,21,22,23,24). The number of nitrogens with one attached hydrogen (secondary N) is 2. The van der Waals surface area contributed by atoms with E-state index in [1.165, 1.54) is 5.56 Å². The molecule has 0 aliphatic rings. The van der Waals surface area contributed by atoms with Crippen LogP contribution >= 0.6 is 11.6 Å². The van der Waals surface area contributed by atoms with Crippen LogP contribution in [0, 0.1) is 20.8 Å². The number of aromatic nitrogens is 3. The molecule has 2 aromatic carbocycles. The maximum atomic E-state index is 5.99. The van der Waals surface area contributed by atoms with Gasteiger partial charge in [-0.25, -0.2) is 0 Å². The highest BCUT2D eigenvalue weighted by Gasteiger charge is 2.06. The maximum absolute atomic E-state index is 5.99. The summed E-state index contributed by atoms with van der Waals surface area (Å²) in [7, 11) is 0. The van der Waals surface area contributed by atoms with Crippen molar-refractivity contribution in [3.05, 3.63) is 64.3 Å². The molecule has 0 fully saturated rings. The topological polar surface area (TPSA) is 62.7 Å². The fourth-order valence-corrected chi connectivity index (χ4v) is 2.56. The molecule has 6 heteroatoms. The van der Waals surface area contributed by atoms with Crippen LogP contribution in [0.3, 0.4) is 0 Å². The van der Waals surface area contributed by atoms with E-state index in [9.17, 15) is 0 Å². The number of hydrogen-bond acceptors (Lipinski definition) is 5. The second-order valence-corrected chi connectivity index (χ2v) is 6.06. The molecule has 0 saturated heterocycles. The quantitative estimate of drug-likeness (QED) is 0.705. The third kappa shape index (κ3) is 3.63. The van der Waals surface area contributed by atoms with Gasteiger partial charge in [0.15, 0.2) is 5.82 Å². The zero-order valence-corrected chi connectivity index (χ0v) is 14.5. The van der Waals surface area contributed by atoms with Crippen molar-refractivity contribution in [2.75, 3.05) is 10.6 Å². The van der Waals surface area contributed by atoms with Crippen LogP contribution < -0.4 is 10.6 Å². The molecular formula is C18H18ClN5.